The fraction of sp³-hybridized carbons (Fsp3) is 0.667. The second-order valence-corrected chi connectivity index (χ2v) is 6.94. The number of nitrogens with zero attached hydrogens (tertiary/aromatic N) is 2. The van der Waals surface area contributed by atoms with Crippen molar-refractivity contribution in [2.45, 2.75) is 44.9 Å². The van der Waals surface area contributed by atoms with Crippen LogP contribution in [0.4, 0.5) is 5.82 Å². The molecule has 1 aromatic heterocycles. The number of hydrogen-bond acceptors (Lipinski definition) is 2. The van der Waals surface area contributed by atoms with Crippen LogP contribution >= 0.6 is 11.6 Å². The summed E-state index contributed by atoms with van der Waals surface area (Å²) in [5, 5.41) is 0.315. The highest BCUT2D eigenvalue weighted by Gasteiger charge is 2.25. The molecule has 1 fully saturated rings. The molecule has 1 aromatic rings. The van der Waals surface area contributed by atoms with Gasteiger partial charge in [0.2, 0.25) is 0 Å². The van der Waals surface area contributed by atoms with E-state index in [2.05, 4.69) is 49.7 Å². The van der Waals surface area contributed by atoms with E-state index in [1.165, 1.54) is 5.56 Å². The molecule has 100 valence electrons. The molecule has 2 nitrogen and oxygen atoms in total. The van der Waals surface area contributed by atoms with Gasteiger partial charge in [0.1, 0.15) is 5.82 Å². The highest BCUT2D eigenvalue weighted by molar-refractivity contribution is 6.20. The number of pyridine rings is 1. The van der Waals surface area contributed by atoms with E-state index in [0.29, 0.717) is 11.3 Å². The van der Waals surface area contributed by atoms with Crippen LogP contribution in [0.1, 0.15) is 39.7 Å². The summed E-state index contributed by atoms with van der Waals surface area (Å²) in [6.45, 7) is 10.9. The molecular formula is C15H23ClN2. The lowest BCUT2D eigenvalue weighted by Crippen LogP contribution is -2.40. The van der Waals surface area contributed by atoms with Gasteiger partial charge in [-0.1, -0.05) is 33.8 Å². The Morgan fingerprint density at radius 1 is 1.33 bits per heavy atom. The fourth-order valence-corrected chi connectivity index (χ4v) is 2.52. The standard InChI is InChI=1S/C15H23ClN2/c1-11-10-18(8-7-13(11)16)14-6-5-12(9-17-14)15(2,3)4/h5-6,9,11,13H,7-8,10H2,1-4H3. The van der Waals surface area contributed by atoms with Crippen molar-refractivity contribution in [3.8, 4) is 0 Å². The Labute approximate surface area is 115 Å². The summed E-state index contributed by atoms with van der Waals surface area (Å²) in [5.74, 6) is 1.61. The third-order valence-corrected chi connectivity index (χ3v) is 4.39. The molecule has 2 atom stereocenters. The zero-order valence-corrected chi connectivity index (χ0v) is 12.5. The van der Waals surface area contributed by atoms with Gasteiger partial charge in [-0.3, -0.25) is 0 Å². The quantitative estimate of drug-likeness (QED) is 0.718. The van der Waals surface area contributed by atoms with Crippen molar-refractivity contribution in [1.82, 2.24) is 4.98 Å². The number of anilines is 1. The van der Waals surface area contributed by atoms with E-state index in [9.17, 15) is 0 Å². The number of halogens is 1. The highest BCUT2D eigenvalue weighted by Crippen LogP contribution is 2.27. The Hall–Kier alpha value is -0.760. The highest BCUT2D eigenvalue weighted by atomic mass is 35.5. The van der Waals surface area contributed by atoms with E-state index in [-0.39, 0.29) is 5.41 Å². The van der Waals surface area contributed by atoms with Crippen molar-refractivity contribution in [2.75, 3.05) is 18.0 Å². The molecule has 3 heteroatoms. The topological polar surface area (TPSA) is 16.1 Å². The minimum Gasteiger partial charge on any atom is -0.356 e. The monoisotopic (exact) mass is 266 g/mol. The summed E-state index contributed by atoms with van der Waals surface area (Å²) in [7, 11) is 0. The summed E-state index contributed by atoms with van der Waals surface area (Å²) in [6, 6.07) is 4.33. The van der Waals surface area contributed by atoms with Gasteiger partial charge in [-0.15, -0.1) is 11.6 Å². The minimum atomic E-state index is 0.169. The van der Waals surface area contributed by atoms with Crippen molar-refractivity contribution in [1.29, 1.82) is 0 Å². The maximum atomic E-state index is 6.26. The van der Waals surface area contributed by atoms with Crippen LogP contribution in [0.25, 0.3) is 0 Å². The first-order valence-corrected chi connectivity index (χ1v) is 7.17. The van der Waals surface area contributed by atoms with Crippen LogP contribution in [-0.2, 0) is 5.41 Å². The molecule has 2 heterocycles. The summed E-state index contributed by atoms with van der Waals surface area (Å²) >= 11 is 6.26. The van der Waals surface area contributed by atoms with Gasteiger partial charge in [0.15, 0.2) is 0 Å². The predicted octanol–water partition coefficient (Wildman–Crippen LogP) is 3.83. The molecule has 0 aliphatic carbocycles. The lowest BCUT2D eigenvalue weighted by atomic mass is 9.88. The molecule has 0 spiro atoms. The minimum absolute atomic E-state index is 0.169. The van der Waals surface area contributed by atoms with Gasteiger partial charge in [-0.05, 0) is 29.4 Å². The van der Waals surface area contributed by atoms with Crippen LogP contribution in [0, 0.1) is 5.92 Å². The lowest BCUT2D eigenvalue weighted by molar-refractivity contribution is 0.452. The molecule has 1 saturated heterocycles. The second-order valence-electron chi connectivity index (χ2n) is 6.38. The van der Waals surface area contributed by atoms with Crippen molar-refractivity contribution in [3.05, 3.63) is 23.9 Å². The Kier molecular flexibility index (Phi) is 3.86. The van der Waals surface area contributed by atoms with Crippen LogP contribution in [0.15, 0.2) is 18.3 Å². The number of piperidine rings is 1. The number of alkyl halides is 1. The average molecular weight is 267 g/mol. The molecular weight excluding hydrogens is 244 g/mol. The van der Waals surface area contributed by atoms with Crippen LogP contribution < -0.4 is 4.90 Å². The maximum absolute atomic E-state index is 6.26. The Morgan fingerprint density at radius 2 is 2.06 bits per heavy atom. The summed E-state index contributed by atoms with van der Waals surface area (Å²) < 4.78 is 0. The van der Waals surface area contributed by atoms with Gasteiger partial charge in [0.05, 0.1) is 0 Å². The Morgan fingerprint density at radius 3 is 2.56 bits per heavy atom. The molecule has 0 radical (unpaired) electrons. The molecule has 18 heavy (non-hydrogen) atoms. The number of aromatic nitrogens is 1. The van der Waals surface area contributed by atoms with E-state index in [1.54, 1.807) is 0 Å². The zero-order chi connectivity index (χ0) is 13.3. The van der Waals surface area contributed by atoms with Crippen molar-refractivity contribution in [3.63, 3.8) is 0 Å². The SMILES string of the molecule is CC1CN(c2ccc(C(C)(C)C)cn2)CCC1Cl. The van der Waals surface area contributed by atoms with E-state index in [1.807, 2.05) is 6.20 Å². The van der Waals surface area contributed by atoms with Crippen molar-refractivity contribution < 1.29 is 0 Å². The first-order chi connectivity index (χ1) is 8.38. The number of rotatable bonds is 1. The first-order valence-electron chi connectivity index (χ1n) is 6.73. The molecule has 0 N–H and O–H groups in total. The lowest BCUT2D eigenvalue weighted by Gasteiger charge is -2.35. The molecule has 0 saturated carbocycles. The smallest absolute Gasteiger partial charge is 0.128 e. The van der Waals surface area contributed by atoms with E-state index < -0.39 is 0 Å². The molecule has 1 aliphatic rings. The third-order valence-electron chi connectivity index (χ3n) is 3.74. The van der Waals surface area contributed by atoms with Crippen LogP contribution in [0.2, 0.25) is 0 Å². The van der Waals surface area contributed by atoms with Crippen LogP contribution in [0.5, 0.6) is 0 Å². The number of hydrogen-bond donors (Lipinski definition) is 0. The summed E-state index contributed by atoms with van der Waals surface area (Å²) in [6.07, 6.45) is 3.05. The molecule has 0 bridgehead atoms. The van der Waals surface area contributed by atoms with Gasteiger partial charge in [-0.2, -0.15) is 0 Å². The van der Waals surface area contributed by atoms with Crippen LogP contribution in [-0.4, -0.2) is 23.5 Å². The maximum Gasteiger partial charge on any atom is 0.128 e. The van der Waals surface area contributed by atoms with Crippen molar-refractivity contribution in [2.24, 2.45) is 5.92 Å². The first kappa shape index (κ1) is 13.7. The molecule has 1 aliphatic heterocycles. The summed E-state index contributed by atoms with van der Waals surface area (Å²) in [4.78, 5) is 6.95. The van der Waals surface area contributed by atoms with Gasteiger partial charge >= 0.3 is 0 Å². The Bertz CT molecular complexity index is 394. The normalized spacial score (nSPS) is 25.3. The van der Waals surface area contributed by atoms with E-state index in [0.717, 1.165) is 25.3 Å². The molecule has 0 aromatic carbocycles. The van der Waals surface area contributed by atoms with Gasteiger partial charge in [0.25, 0.3) is 0 Å². The largest absolute Gasteiger partial charge is 0.356 e. The Balaban J connectivity index is 2.11. The van der Waals surface area contributed by atoms with E-state index >= 15 is 0 Å². The van der Waals surface area contributed by atoms with Gasteiger partial charge in [0, 0.05) is 24.7 Å². The molecule has 0 amide bonds. The molecule has 2 unspecified atom stereocenters. The second kappa shape index (κ2) is 5.08. The third kappa shape index (κ3) is 2.97. The molecule has 2 rings (SSSR count). The van der Waals surface area contributed by atoms with Crippen LogP contribution in [0.3, 0.4) is 0 Å². The zero-order valence-electron chi connectivity index (χ0n) is 11.8. The summed E-state index contributed by atoms with van der Waals surface area (Å²) in [5.41, 5.74) is 1.45. The van der Waals surface area contributed by atoms with E-state index in [4.69, 9.17) is 11.6 Å². The van der Waals surface area contributed by atoms with Gasteiger partial charge in [-0.25, -0.2) is 4.98 Å². The van der Waals surface area contributed by atoms with Gasteiger partial charge < -0.3 is 4.90 Å². The fourth-order valence-electron chi connectivity index (χ4n) is 2.34. The predicted molar refractivity (Wildman–Crippen MR) is 78.6 cm³/mol. The van der Waals surface area contributed by atoms with Crippen molar-refractivity contribution >= 4 is 17.4 Å². The average Bonchev–Trinajstić information content (AvgIpc) is 2.32.